The third-order valence-electron chi connectivity index (χ3n) is 4.25. The molecule has 0 spiro atoms. The molecule has 3 N–H and O–H groups in total. The van der Waals surface area contributed by atoms with E-state index in [0.29, 0.717) is 5.69 Å². The van der Waals surface area contributed by atoms with Crippen molar-refractivity contribution >= 4 is 17.6 Å². The van der Waals surface area contributed by atoms with Crippen LogP contribution >= 0.6 is 0 Å². The smallest absolute Gasteiger partial charge is 0.319 e. The van der Waals surface area contributed by atoms with E-state index >= 15 is 0 Å². The van der Waals surface area contributed by atoms with Gasteiger partial charge in [-0.05, 0) is 51.4 Å². The van der Waals surface area contributed by atoms with Crippen molar-refractivity contribution in [2.75, 3.05) is 25.0 Å². The molecule has 0 saturated carbocycles. The minimum absolute atomic E-state index is 0.00744. The Kier molecular flexibility index (Phi) is 7.06. The van der Waals surface area contributed by atoms with Gasteiger partial charge in [0.15, 0.2) is 0 Å². The lowest BCUT2D eigenvalue weighted by molar-refractivity contribution is -0.135. The lowest BCUT2D eigenvalue weighted by Gasteiger charge is -2.36. The monoisotopic (exact) mass is 332 g/mol. The van der Waals surface area contributed by atoms with Gasteiger partial charge in [-0.1, -0.05) is 25.1 Å². The molecule has 6 heteroatoms. The Hall–Kier alpha value is -2.08. The number of benzene rings is 1. The third kappa shape index (κ3) is 5.23. The second-order valence-electron chi connectivity index (χ2n) is 6.20. The van der Waals surface area contributed by atoms with Gasteiger partial charge < -0.3 is 20.9 Å². The number of urea groups is 1. The van der Waals surface area contributed by atoms with E-state index in [-0.39, 0.29) is 18.0 Å². The predicted molar refractivity (Wildman–Crippen MR) is 96.0 cm³/mol. The number of anilines is 1. The molecule has 1 aromatic rings. The molecule has 132 valence electrons. The van der Waals surface area contributed by atoms with E-state index in [0.717, 1.165) is 38.9 Å². The first-order chi connectivity index (χ1) is 11.6. The van der Waals surface area contributed by atoms with Crippen LogP contribution < -0.4 is 16.0 Å². The van der Waals surface area contributed by atoms with E-state index in [2.05, 4.69) is 22.9 Å². The van der Waals surface area contributed by atoms with Crippen molar-refractivity contribution in [3.8, 4) is 0 Å². The minimum Gasteiger partial charge on any atom is -0.338 e. The highest BCUT2D eigenvalue weighted by Crippen LogP contribution is 2.14. The number of amides is 3. The number of piperidine rings is 1. The van der Waals surface area contributed by atoms with Crippen LogP contribution in [0.3, 0.4) is 0 Å². The molecule has 0 aromatic heterocycles. The van der Waals surface area contributed by atoms with E-state index in [1.165, 1.54) is 0 Å². The van der Waals surface area contributed by atoms with Crippen LogP contribution in [0.25, 0.3) is 0 Å². The van der Waals surface area contributed by atoms with Gasteiger partial charge in [-0.2, -0.15) is 0 Å². The Morgan fingerprint density at radius 3 is 2.54 bits per heavy atom. The van der Waals surface area contributed by atoms with Gasteiger partial charge in [0.2, 0.25) is 5.91 Å². The van der Waals surface area contributed by atoms with Gasteiger partial charge in [0, 0.05) is 18.3 Å². The topological polar surface area (TPSA) is 73.5 Å². The number of para-hydroxylation sites is 1. The molecule has 6 nitrogen and oxygen atoms in total. The number of nitrogens with one attached hydrogen (secondary N) is 3. The SMILES string of the molecule is CCCN(C(=O)C(C)NC(=O)Nc1ccccc1)C1CCNCC1. The highest BCUT2D eigenvalue weighted by atomic mass is 16.2. The number of hydrogen-bond donors (Lipinski definition) is 3. The van der Waals surface area contributed by atoms with Gasteiger partial charge in [0.05, 0.1) is 0 Å². The summed E-state index contributed by atoms with van der Waals surface area (Å²) in [6.07, 6.45) is 2.85. The van der Waals surface area contributed by atoms with Crippen molar-refractivity contribution in [3.05, 3.63) is 30.3 Å². The molecular weight excluding hydrogens is 304 g/mol. The Morgan fingerprint density at radius 1 is 1.25 bits per heavy atom. The van der Waals surface area contributed by atoms with E-state index < -0.39 is 6.04 Å². The number of hydrogen-bond acceptors (Lipinski definition) is 3. The second kappa shape index (κ2) is 9.27. The molecule has 2 rings (SSSR count). The molecule has 3 amide bonds. The van der Waals surface area contributed by atoms with Gasteiger partial charge in [-0.3, -0.25) is 4.79 Å². The van der Waals surface area contributed by atoms with Gasteiger partial charge >= 0.3 is 6.03 Å². The van der Waals surface area contributed by atoms with Crippen molar-refractivity contribution in [1.29, 1.82) is 0 Å². The van der Waals surface area contributed by atoms with Gasteiger partial charge in [-0.25, -0.2) is 4.79 Å². The van der Waals surface area contributed by atoms with Crippen LogP contribution in [0, 0.1) is 0 Å². The molecule has 0 radical (unpaired) electrons. The fourth-order valence-electron chi connectivity index (χ4n) is 3.03. The summed E-state index contributed by atoms with van der Waals surface area (Å²) in [4.78, 5) is 26.8. The van der Waals surface area contributed by atoms with Crippen LogP contribution in [0.4, 0.5) is 10.5 Å². The molecule has 0 aliphatic carbocycles. The molecule has 1 fully saturated rings. The van der Waals surface area contributed by atoms with E-state index in [1.54, 1.807) is 6.92 Å². The fraction of sp³-hybridized carbons (Fsp3) is 0.556. The molecule has 1 saturated heterocycles. The Balaban J connectivity index is 1.91. The first-order valence-corrected chi connectivity index (χ1v) is 8.75. The summed E-state index contributed by atoms with van der Waals surface area (Å²) in [5.74, 6) is -0.00744. The van der Waals surface area contributed by atoms with Gasteiger partial charge in [-0.15, -0.1) is 0 Å². The first kappa shape index (κ1) is 18.3. The third-order valence-corrected chi connectivity index (χ3v) is 4.25. The molecule has 1 aliphatic rings. The molecule has 1 atom stereocenters. The van der Waals surface area contributed by atoms with Crippen LogP contribution in [-0.4, -0.2) is 48.6 Å². The van der Waals surface area contributed by atoms with Crippen LogP contribution in [0.5, 0.6) is 0 Å². The van der Waals surface area contributed by atoms with Crippen molar-refractivity contribution in [2.45, 2.75) is 45.2 Å². The lowest BCUT2D eigenvalue weighted by Crippen LogP contribution is -2.53. The molecule has 1 aliphatic heterocycles. The largest absolute Gasteiger partial charge is 0.338 e. The summed E-state index contributed by atoms with van der Waals surface area (Å²) in [5.41, 5.74) is 0.707. The zero-order valence-electron chi connectivity index (χ0n) is 14.5. The molecule has 24 heavy (non-hydrogen) atoms. The predicted octanol–water partition coefficient (Wildman–Crippen LogP) is 2.19. The summed E-state index contributed by atoms with van der Waals surface area (Å²) in [7, 11) is 0. The van der Waals surface area contributed by atoms with Crippen molar-refractivity contribution < 1.29 is 9.59 Å². The zero-order chi connectivity index (χ0) is 17.4. The lowest BCUT2D eigenvalue weighted by atomic mass is 10.0. The van der Waals surface area contributed by atoms with Gasteiger partial charge in [0.1, 0.15) is 6.04 Å². The number of rotatable bonds is 6. The van der Waals surface area contributed by atoms with Crippen molar-refractivity contribution in [1.82, 2.24) is 15.5 Å². The maximum atomic E-state index is 12.8. The minimum atomic E-state index is -0.546. The van der Waals surface area contributed by atoms with Crippen LogP contribution in [-0.2, 0) is 4.79 Å². The van der Waals surface area contributed by atoms with Crippen molar-refractivity contribution in [2.24, 2.45) is 0 Å². The Bertz CT molecular complexity index is 529. The van der Waals surface area contributed by atoms with E-state index in [4.69, 9.17) is 0 Å². The maximum Gasteiger partial charge on any atom is 0.319 e. The van der Waals surface area contributed by atoms with E-state index in [9.17, 15) is 9.59 Å². The van der Waals surface area contributed by atoms with Gasteiger partial charge in [0.25, 0.3) is 0 Å². The number of nitrogens with zero attached hydrogens (tertiary/aromatic N) is 1. The fourth-order valence-corrected chi connectivity index (χ4v) is 3.03. The molecule has 1 aromatic carbocycles. The molecule has 1 unspecified atom stereocenters. The maximum absolute atomic E-state index is 12.8. The summed E-state index contributed by atoms with van der Waals surface area (Å²) < 4.78 is 0. The molecule has 1 heterocycles. The summed E-state index contributed by atoms with van der Waals surface area (Å²) in [6, 6.07) is 8.57. The average molecular weight is 332 g/mol. The van der Waals surface area contributed by atoms with Crippen LogP contribution in [0.1, 0.15) is 33.1 Å². The average Bonchev–Trinajstić information content (AvgIpc) is 2.60. The quantitative estimate of drug-likeness (QED) is 0.747. The highest BCUT2D eigenvalue weighted by molar-refractivity contribution is 5.93. The van der Waals surface area contributed by atoms with Crippen molar-refractivity contribution in [3.63, 3.8) is 0 Å². The van der Waals surface area contributed by atoms with Crippen LogP contribution in [0.15, 0.2) is 30.3 Å². The zero-order valence-corrected chi connectivity index (χ0v) is 14.5. The molecular formula is C18H28N4O2. The first-order valence-electron chi connectivity index (χ1n) is 8.75. The standard InChI is InChI=1S/C18H28N4O2/c1-3-13-22(16-9-11-19-12-10-16)17(23)14(2)20-18(24)21-15-7-5-4-6-8-15/h4-8,14,16,19H,3,9-13H2,1-2H3,(H2,20,21,24). The second-order valence-corrected chi connectivity index (χ2v) is 6.20. The number of carbonyl (C=O) groups is 2. The Morgan fingerprint density at radius 2 is 1.92 bits per heavy atom. The molecule has 0 bridgehead atoms. The summed E-state index contributed by atoms with van der Waals surface area (Å²) >= 11 is 0. The summed E-state index contributed by atoms with van der Waals surface area (Å²) in [6.45, 7) is 6.43. The van der Waals surface area contributed by atoms with E-state index in [1.807, 2.05) is 35.2 Å². The normalized spacial score (nSPS) is 16.2. The highest BCUT2D eigenvalue weighted by Gasteiger charge is 2.28. The van der Waals surface area contributed by atoms with Crippen LogP contribution in [0.2, 0.25) is 0 Å². The Labute approximate surface area is 144 Å². The summed E-state index contributed by atoms with van der Waals surface area (Å²) in [5, 5.41) is 8.82. The number of carbonyl (C=O) groups excluding carboxylic acids is 2.